The lowest BCUT2D eigenvalue weighted by atomic mass is 10.1. The van der Waals surface area contributed by atoms with Gasteiger partial charge in [0, 0.05) is 17.5 Å². The molecule has 0 saturated carbocycles. The number of carbonyl (C=O) groups excluding carboxylic acids is 1. The van der Waals surface area contributed by atoms with E-state index in [0.717, 1.165) is 18.6 Å². The molecule has 1 amide bonds. The molecule has 1 aromatic carbocycles. The average molecular weight is 262 g/mol. The van der Waals surface area contributed by atoms with Crippen molar-refractivity contribution in [1.82, 2.24) is 5.32 Å². The average Bonchev–Trinajstić information content (AvgIpc) is 2.31. The molecule has 0 aliphatic rings. The van der Waals surface area contributed by atoms with Crippen LogP contribution in [0.2, 0.25) is 0 Å². The molecule has 1 aromatic rings. The van der Waals surface area contributed by atoms with Crippen LogP contribution in [0.5, 0.6) is 0 Å². The summed E-state index contributed by atoms with van der Waals surface area (Å²) in [4.78, 5) is 11.7. The highest BCUT2D eigenvalue weighted by Gasteiger charge is 2.13. The van der Waals surface area contributed by atoms with Crippen LogP contribution in [0.25, 0.3) is 0 Å². The highest BCUT2D eigenvalue weighted by molar-refractivity contribution is 6.17. The van der Waals surface area contributed by atoms with E-state index in [1.807, 2.05) is 6.92 Å². The zero-order valence-corrected chi connectivity index (χ0v) is 10.2. The molecule has 0 aromatic heterocycles. The number of hydrogen-bond donors (Lipinski definition) is 1. The van der Waals surface area contributed by atoms with Gasteiger partial charge in [0.25, 0.3) is 5.91 Å². The molecule has 1 rings (SSSR count). The van der Waals surface area contributed by atoms with E-state index in [1.165, 1.54) is 6.07 Å². The summed E-state index contributed by atoms with van der Waals surface area (Å²) in [6, 6.07) is 3.03. The number of rotatable bonds is 5. The number of halogens is 3. The van der Waals surface area contributed by atoms with Crippen LogP contribution >= 0.6 is 11.6 Å². The fraction of sp³-hybridized carbons (Fsp3) is 0.417. The van der Waals surface area contributed by atoms with Crippen LogP contribution < -0.4 is 5.32 Å². The molecule has 17 heavy (non-hydrogen) atoms. The van der Waals surface area contributed by atoms with Gasteiger partial charge in [0.1, 0.15) is 0 Å². The lowest BCUT2D eigenvalue weighted by molar-refractivity contribution is 0.0934. The number of alkyl halides is 1. The minimum atomic E-state index is -1.02. The van der Waals surface area contributed by atoms with Crippen molar-refractivity contribution in [3.05, 3.63) is 35.4 Å². The highest BCUT2D eigenvalue weighted by atomic mass is 35.5. The van der Waals surface area contributed by atoms with Gasteiger partial charge in [-0.1, -0.05) is 6.92 Å². The molecule has 0 aliphatic carbocycles. The van der Waals surface area contributed by atoms with Gasteiger partial charge in [-0.15, -0.1) is 11.6 Å². The van der Waals surface area contributed by atoms with Crippen molar-refractivity contribution in [2.24, 2.45) is 0 Å². The Kier molecular flexibility index (Phi) is 5.35. The molecular formula is C12H14ClF2NO. The largest absolute Gasteiger partial charge is 0.349 e. The fourth-order valence-electron chi connectivity index (χ4n) is 1.42. The summed E-state index contributed by atoms with van der Waals surface area (Å²) < 4.78 is 25.6. The number of amides is 1. The van der Waals surface area contributed by atoms with Crippen molar-refractivity contribution < 1.29 is 13.6 Å². The van der Waals surface area contributed by atoms with Crippen LogP contribution in [0, 0.1) is 11.6 Å². The number of benzene rings is 1. The van der Waals surface area contributed by atoms with Gasteiger partial charge in [0.2, 0.25) is 0 Å². The Labute approximate surface area is 104 Å². The predicted molar refractivity (Wildman–Crippen MR) is 63.2 cm³/mol. The van der Waals surface area contributed by atoms with Crippen molar-refractivity contribution in [3.8, 4) is 0 Å². The second kappa shape index (κ2) is 6.55. The standard InChI is InChI=1S/C12H14ClF2NO/c1-2-9(5-6-13)16-12(17)8-3-4-10(14)11(15)7-8/h3-4,7,9H,2,5-6H2,1H3,(H,16,17). The summed E-state index contributed by atoms with van der Waals surface area (Å²) in [5.41, 5.74) is 0.108. The van der Waals surface area contributed by atoms with Gasteiger partial charge in [-0.2, -0.15) is 0 Å². The van der Waals surface area contributed by atoms with E-state index in [1.54, 1.807) is 0 Å². The summed E-state index contributed by atoms with van der Waals surface area (Å²) in [5, 5.41) is 2.72. The van der Waals surface area contributed by atoms with Crippen molar-refractivity contribution in [2.45, 2.75) is 25.8 Å². The summed E-state index contributed by atoms with van der Waals surface area (Å²) >= 11 is 5.59. The maximum Gasteiger partial charge on any atom is 0.251 e. The highest BCUT2D eigenvalue weighted by Crippen LogP contribution is 2.09. The lowest BCUT2D eigenvalue weighted by Gasteiger charge is -2.15. The van der Waals surface area contributed by atoms with E-state index in [4.69, 9.17) is 11.6 Å². The van der Waals surface area contributed by atoms with E-state index in [2.05, 4.69) is 5.32 Å². The van der Waals surface area contributed by atoms with Gasteiger partial charge in [0.15, 0.2) is 11.6 Å². The van der Waals surface area contributed by atoms with Gasteiger partial charge < -0.3 is 5.32 Å². The van der Waals surface area contributed by atoms with E-state index in [-0.39, 0.29) is 11.6 Å². The Morgan fingerprint density at radius 2 is 2.12 bits per heavy atom. The summed E-state index contributed by atoms with van der Waals surface area (Å²) in [7, 11) is 0. The van der Waals surface area contributed by atoms with Gasteiger partial charge >= 0.3 is 0 Å². The molecule has 0 bridgehead atoms. The van der Waals surface area contributed by atoms with E-state index < -0.39 is 17.5 Å². The first-order valence-corrected chi connectivity index (χ1v) is 5.93. The second-order valence-electron chi connectivity index (χ2n) is 3.69. The summed E-state index contributed by atoms with van der Waals surface area (Å²) in [6.07, 6.45) is 1.38. The molecule has 0 heterocycles. The van der Waals surface area contributed by atoms with Gasteiger partial charge in [-0.05, 0) is 31.0 Å². The Balaban J connectivity index is 2.72. The minimum Gasteiger partial charge on any atom is -0.349 e. The quantitative estimate of drug-likeness (QED) is 0.811. The molecular weight excluding hydrogens is 248 g/mol. The van der Waals surface area contributed by atoms with Crippen molar-refractivity contribution in [1.29, 1.82) is 0 Å². The van der Waals surface area contributed by atoms with Gasteiger partial charge in [0.05, 0.1) is 0 Å². The molecule has 94 valence electrons. The third kappa shape index (κ3) is 3.97. The summed E-state index contributed by atoms with van der Waals surface area (Å²) in [6.45, 7) is 1.92. The zero-order valence-electron chi connectivity index (χ0n) is 9.47. The van der Waals surface area contributed by atoms with Crippen LogP contribution in [-0.2, 0) is 0 Å². The van der Waals surface area contributed by atoms with Gasteiger partial charge in [-0.25, -0.2) is 8.78 Å². The maximum absolute atomic E-state index is 12.9. The van der Waals surface area contributed by atoms with E-state index >= 15 is 0 Å². The Bertz CT molecular complexity index is 398. The predicted octanol–water partition coefficient (Wildman–Crippen LogP) is 3.10. The van der Waals surface area contributed by atoms with Gasteiger partial charge in [-0.3, -0.25) is 4.79 Å². The van der Waals surface area contributed by atoms with Crippen molar-refractivity contribution in [2.75, 3.05) is 5.88 Å². The zero-order chi connectivity index (χ0) is 12.8. The molecule has 0 saturated heterocycles. The summed E-state index contributed by atoms with van der Waals surface area (Å²) in [5.74, 6) is -1.96. The molecule has 2 nitrogen and oxygen atoms in total. The van der Waals surface area contributed by atoms with Crippen LogP contribution in [0.3, 0.4) is 0 Å². The van der Waals surface area contributed by atoms with Crippen LogP contribution in [0.1, 0.15) is 30.1 Å². The van der Waals surface area contributed by atoms with Crippen molar-refractivity contribution >= 4 is 17.5 Å². The van der Waals surface area contributed by atoms with Crippen molar-refractivity contribution in [3.63, 3.8) is 0 Å². The maximum atomic E-state index is 12.9. The minimum absolute atomic E-state index is 0.0480. The first kappa shape index (κ1) is 13.9. The molecule has 1 atom stereocenters. The topological polar surface area (TPSA) is 29.1 Å². The Morgan fingerprint density at radius 3 is 2.65 bits per heavy atom. The number of hydrogen-bond acceptors (Lipinski definition) is 1. The normalized spacial score (nSPS) is 12.2. The third-order valence-corrected chi connectivity index (χ3v) is 2.69. The molecule has 5 heteroatoms. The van der Waals surface area contributed by atoms with Crippen LogP contribution in [0.15, 0.2) is 18.2 Å². The lowest BCUT2D eigenvalue weighted by Crippen LogP contribution is -2.34. The second-order valence-corrected chi connectivity index (χ2v) is 4.06. The Hall–Kier alpha value is -1.16. The van der Waals surface area contributed by atoms with E-state index in [9.17, 15) is 13.6 Å². The molecule has 0 aliphatic heterocycles. The first-order chi connectivity index (χ1) is 8.08. The molecule has 1 unspecified atom stereocenters. The molecule has 1 N–H and O–H groups in total. The third-order valence-electron chi connectivity index (χ3n) is 2.47. The van der Waals surface area contributed by atoms with E-state index in [0.29, 0.717) is 12.3 Å². The van der Waals surface area contributed by atoms with Crippen LogP contribution in [-0.4, -0.2) is 17.8 Å². The number of nitrogens with one attached hydrogen (secondary N) is 1. The first-order valence-electron chi connectivity index (χ1n) is 5.40. The molecule has 0 spiro atoms. The Morgan fingerprint density at radius 1 is 1.41 bits per heavy atom. The SMILES string of the molecule is CCC(CCCl)NC(=O)c1ccc(F)c(F)c1. The molecule has 0 fully saturated rings. The fourth-order valence-corrected chi connectivity index (χ4v) is 1.68. The monoisotopic (exact) mass is 261 g/mol. The number of carbonyl (C=O) groups is 1. The smallest absolute Gasteiger partial charge is 0.251 e. The van der Waals surface area contributed by atoms with Crippen LogP contribution in [0.4, 0.5) is 8.78 Å². The molecule has 0 radical (unpaired) electrons.